The molecule has 0 aliphatic carbocycles. The predicted octanol–water partition coefficient (Wildman–Crippen LogP) is 2.58. The number of hydrogen-bond acceptors (Lipinski definition) is 3. The summed E-state index contributed by atoms with van der Waals surface area (Å²) in [5.74, 6) is 1.59. The van der Waals surface area contributed by atoms with Gasteiger partial charge in [0.1, 0.15) is 12.3 Å². The molecule has 2 N–H and O–H groups in total. The fourth-order valence-corrected chi connectivity index (χ4v) is 2.93. The van der Waals surface area contributed by atoms with E-state index in [0.29, 0.717) is 12.5 Å². The fraction of sp³-hybridized carbons (Fsp3) is 0.368. The van der Waals surface area contributed by atoms with Gasteiger partial charge in [-0.3, -0.25) is 4.79 Å². The van der Waals surface area contributed by atoms with Crippen LogP contribution in [0.2, 0.25) is 0 Å². The zero-order valence-corrected chi connectivity index (χ0v) is 17.2. The minimum Gasteiger partial charge on any atom is -0.469 e. The van der Waals surface area contributed by atoms with E-state index >= 15 is 0 Å². The quantitative estimate of drug-likeness (QED) is 0.389. The van der Waals surface area contributed by atoms with Crippen molar-refractivity contribution in [3.05, 3.63) is 54.0 Å². The molecule has 1 aliphatic rings. The van der Waals surface area contributed by atoms with Gasteiger partial charge in [-0.2, -0.15) is 0 Å². The minimum absolute atomic E-state index is 0. The van der Waals surface area contributed by atoms with Gasteiger partial charge < -0.3 is 20.0 Å². The van der Waals surface area contributed by atoms with Crippen LogP contribution in [0, 0.1) is 0 Å². The number of para-hydroxylation sites is 1. The molecule has 1 aliphatic heterocycles. The maximum absolute atomic E-state index is 12.5. The Kier molecular flexibility index (Phi) is 7.96. The number of carbonyl (C=O) groups is 1. The van der Waals surface area contributed by atoms with Crippen molar-refractivity contribution in [1.29, 1.82) is 0 Å². The third-order valence-corrected chi connectivity index (χ3v) is 4.15. The maximum atomic E-state index is 12.5. The monoisotopic (exact) mass is 468 g/mol. The van der Waals surface area contributed by atoms with Crippen LogP contribution in [0.3, 0.4) is 0 Å². The highest BCUT2D eigenvalue weighted by Crippen LogP contribution is 2.27. The lowest BCUT2D eigenvalue weighted by atomic mass is 10.2. The largest absolute Gasteiger partial charge is 0.469 e. The highest BCUT2D eigenvalue weighted by atomic mass is 127. The average Bonchev–Trinajstić information content (AvgIpc) is 3.29. The highest BCUT2D eigenvalue weighted by Gasteiger charge is 2.23. The van der Waals surface area contributed by atoms with Crippen LogP contribution in [0.1, 0.15) is 18.2 Å². The van der Waals surface area contributed by atoms with E-state index in [1.54, 1.807) is 6.26 Å². The zero-order chi connectivity index (χ0) is 17.5. The van der Waals surface area contributed by atoms with Crippen LogP contribution in [0.25, 0.3) is 0 Å². The van der Waals surface area contributed by atoms with E-state index in [1.165, 1.54) is 5.56 Å². The van der Waals surface area contributed by atoms with E-state index in [0.717, 1.165) is 37.4 Å². The summed E-state index contributed by atoms with van der Waals surface area (Å²) in [5, 5.41) is 6.40. The molecule has 0 saturated heterocycles. The van der Waals surface area contributed by atoms with Crippen molar-refractivity contribution in [3.8, 4) is 0 Å². The van der Waals surface area contributed by atoms with Crippen LogP contribution in [0.15, 0.2) is 52.1 Å². The van der Waals surface area contributed by atoms with Crippen molar-refractivity contribution in [3.63, 3.8) is 0 Å². The molecule has 140 valence electrons. The molecule has 0 saturated carbocycles. The van der Waals surface area contributed by atoms with E-state index < -0.39 is 0 Å². The van der Waals surface area contributed by atoms with Gasteiger partial charge >= 0.3 is 0 Å². The number of benzene rings is 1. The van der Waals surface area contributed by atoms with Gasteiger partial charge in [0.05, 0.1) is 6.26 Å². The van der Waals surface area contributed by atoms with E-state index in [2.05, 4.69) is 21.7 Å². The predicted molar refractivity (Wildman–Crippen MR) is 114 cm³/mol. The molecule has 6 nitrogen and oxygen atoms in total. The third-order valence-electron chi connectivity index (χ3n) is 4.15. The highest BCUT2D eigenvalue weighted by molar-refractivity contribution is 14.0. The molecule has 0 fully saturated rings. The zero-order valence-electron chi connectivity index (χ0n) is 14.9. The first-order valence-corrected chi connectivity index (χ1v) is 8.70. The van der Waals surface area contributed by atoms with Crippen LogP contribution in [-0.4, -0.2) is 38.0 Å². The molecule has 0 radical (unpaired) electrons. The Morgan fingerprint density at radius 1 is 1.23 bits per heavy atom. The molecular weight excluding hydrogens is 443 g/mol. The summed E-state index contributed by atoms with van der Waals surface area (Å²) in [6.45, 7) is 4.30. The molecule has 0 atom stereocenters. The Morgan fingerprint density at radius 2 is 2.08 bits per heavy atom. The average molecular weight is 468 g/mol. The summed E-state index contributed by atoms with van der Waals surface area (Å²) >= 11 is 0. The summed E-state index contributed by atoms with van der Waals surface area (Å²) in [6.07, 6.45) is 3.35. The van der Waals surface area contributed by atoms with E-state index in [1.807, 2.05) is 42.2 Å². The lowest BCUT2D eigenvalue weighted by molar-refractivity contribution is -0.117. The van der Waals surface area contributed by atoms with Gasteiger partial charge in [0.15, 0.2) is 5.96 Å². The molecule has 1 aromatic carbocycles. The molecule has 0 spiro atoms. The van der Waals surface area contributed by atoms with E-state index in [9.17, 15) is 4.79 Å². The smallest absolute Gasteiger partial charge is 0.248 e. The van der Waals surface area contributed by atoms with E-state index in [-0.39, 0.29) is 36.4 Å². The van der Waals surface area contributed by atoms with Crippen LogP contribution in [-0.2, 0) is 17.6 Å². The molecule has 0 bridgehead atoms. The number of halogens is 1. The molecule has 0 unspecified atom stereocenters. The number of guanidine groups is 1. The molecule has 3 rings (SSSR count). The maximum Gasteiger partial charge on any atom is 0.248 e. The number of furan rings is 1. The Bertz CT molecular complexity index is 731. The molecule has 1 amide bonds. The number of amides is 1. The number of hydrogen-bond donors (Lipinski definition) is 2. The second kappa shape index (κ2) is 10.2. The molecule has 7 heteroatoms. The van der Waals surface area contributed by atoms with Gasteiger partial charge in [0.25, 0.3) is 0 Å². The van der Waals surface area contributed by atoms with Gasteiger partial charge in [-0.25, -0.2) is 4.99 Å². The Hall–Kier alpha value is -2.03. The topological polar surface area (TPSA) is 69.9 Å². The lowest BCUT2D eigenvalue weighted by Crippen LogP contribution is -2.39. The van der Waals surface area contributed by atoms with Crippen LogP contribution < -0.4 is 15.5 Å². The molecule has 1 aromatic heterocycles. The van der Waals surface area contributed by atoms with Crippen molar-refractivity contribution in [2.24, 2.45) is 4.99 Å². The molecule has 2 aromatic rings. The number of anilines is 1. The Morgan fingerprint density at radius 3 is 2.85 bits per heavy atom. The van der Waals surface area contributed by atoms with Crippen molar-refractivity contribution in [2.45, 2.75) is 19.8 Å². The Labute approximate surface area is 171 Å². The van der Waals surface area contributed by atoms with E-state index in [4.69, 9.17) is 4.42 Å². The number of nitrogens with zero attached hydrogens (tertiary/aromatic N) is 2. The minimum atomic E-state index is 0. The summed E-state index contributed by atoms with van der Waals surface area (Å²) in [5.41, 5.74) is 2.24. The number of carbonyl (C=O) groups excluding carboxylic acids is 1. The number of fused-ring (bicyclic) bond motifs is 1. The second-order valence-corrected chi connectivity index (χ2v) is 5.88. The lowest BCUT2D eigenvalue weighted by Gasteiger charge is -2.17. The molecule has 26 heavy (non-hydrogen) atoms. The summed E-state index contributed by atoms with van der Waals surface area (Å²) < 4.78 is 5.31. The van der Waals surface area contributed by atoms with Gasteiger partial charge in [-0.1, -0.05) is 18.2 Å². The summed E-state index contributed by atoms with van der Waals surface area (Å²) in [7, 11) is 0. The van der Waals surface area contributed by atoms with Gasteiger partial charge in [0.2, 0.25) is 5.91 Å². The van der Waals surface area contributed by atoms with Gasteiger partial charge in [0, 0.05) is 31.7 Å². The summed E-state index contributed by atoms with van der Waals surface area (Å²) in [4.78, 5) is 18.8. The SMILES string of the molecule is CCNC(=NCC(=O)N1CCc2ccccc21)NCCc1ccco1.I. The normalized spacial score (nSPS) is 13.1. The third kappa shape index (κ3) is 5.23. The summed E-state index contributed by atoms with van der Waals surface area (Å²) in [6, 6.07) is 11.9. The van der Waals surface area contributed by atoms with Crippen molar-refractivity contribution in [1.82, 2.24) is 10.6 Å². The van der Waals surface area contributed by atoms with Crippen LogP contribution in [0.5, 0.6) is 0 Å². The van der Waals surface area contributed by atoms with Crippen LogP contribution >= 0.6 is 24.0 Å². The first-order valence-electron chi connectivity index (χ1n) is 8.70. The van der Waals surface area contributed by atoms with Gasteiger partial charge in [-0.15, -0.1) is 24.0 Å². The second-order valence-electron chi connectivity index (χ2n) is 5.88. The fourth-order valence-electron chi connectivity index (χ4n) is 2.93. The number of nitrogens with one attached hydrogen (secondary N) is 2. The first kappa shape index (κ1) is 20.3. The van der Waals surface area contributed by atoms with Gasteiger partial charge in [-0.05, 0) is 37.1 Å². The number of rotatable bonds is 6. The standard InChI is InChI=1S/C19H24N4O2.HI/c1-2-20-19(21-11-9-16-7-5-13-25-16)22-14-18(24)23-12-10-15-6-3-4-8-17(15)23;/h3-8,13H,2,9-12,14H2,1H3,(H2,20,21,22);1H. The van der Waals surface area contributed by atoms with Crippen molar-refractivity contribution in [2.75, 3.05) is 31.1 Å². The van der Waals surface area contributed by atoms with Crippen molar-refractivity contribution < 1.29 is 9.21 Å². The molecular formula is C19H25IN4O2. The molecule has 2 heterocycles. The Balaban J connectivity index is 0.00000243. The first-order chi connectivity index (χ1) is 12.3. The van der Waals surface area contributed by atoms with Crippen molar-refractivity contribution >= 4 is 41.5 Å². The number of aliphatic imine (C=N–C) groups is 1. The van der Waals surface area contributed by atoms with Crippen LogP contribution in [0.4, 0.5) is 5.69 Å².